The van der Waals surface area contributed by atoms with E-state index < -0.39 is 5.60 Å². The number of allylic oxidation sites excluding steroid dienone is 1. The summed E-state index contributed by atoms with van der Waals surface area (Å²) in [6.07, 6.45) is 6.36. The summed E-state index contributed by atoms with van der Waals surface area (Å²) in [7, 11) is 0. The van der Waals surface area contributed by atoms with Gasteiger partial charge in [0.1, 0.15) is 5.60 Å². The van der Waals surface area contributed by atoms with E-state index in [-0.39, 0.29) is 0 Å². The van der Waals surface area contributed by atoms with Crippen LogP contribution in [0.25, 0.3) is 0 Å². The zero-order chi connectivity index (χ0) is 13.6. The van der Waals surface area contributed by atoms with Crippen molar-refractivity contribution in [2.75, 3.05) is 13.2 Å². The second-order valence-corrected chi connectivity index (χ2v) is 4.35. The Balaban J connectivity index is 0. The van der Waals surface area contributed by atoms with Gasteiger partial charge in [0.25, 0.3) is 0 Å². The fourth-order valence-electron chi connectivity index (χ4n) is 0.823. The Labute approximate surface area is 107 Å². The quantitative estimate of drug-likeness (QED) is 0.568. The number of unbranched alkanes of at least 4 members (excludes halogenated alkanes) is 2. The Bertz CT molecular complexity index is 209. The van der Waals surface area contributed by atoms with Crippen molar-refractivity contribution in [3.63, 3.8) is 0 Å². The van der Waals surface area contributed by atoms with Crippen molar-refractivity contribution in [2.24, 2.45) is 0 Å². The maximum absolute atomic E-state index is 8.93. The van der Waals surface area contributed by atoms with E-state index in [2.05, 4.69) is 32.3 Å². The SMILES string of the molecule is C=CC#CC(C)(C)O.CCCCOCCCC. The molecule has 0 saturated heterocycles. The maximum atomic E-state index is 8.93. The number of hydrogen-bond acceptors (Lipinski definition) is 2. The molecule has 0 aliphatic rings. The molecule has 2 nitrogen and oxygen atoms in total. The first-order chi connectivity index (χ1) is 7.97. The first-order valence-corrected chi connectivity index (χ1v) is 6.41. The second kappa shape index (κ2) is 13.3. The first-order valence-electron chi connectivity index (χ1n) is 6.41. The predicted molar refractivity (Wildman–Crippen MR) is 74.9 cm³/mol. The van der Waals surface area contributed by atoms with E-state index in [1.54, 1.807) is 13.8 Å². The summed E-state index contributed by atoms with van der Waals surface area (Å²) in [5.41, 5.74) is -0.881. The summed E-state index contributed by atoms with van der Waals surface area (Å²) in [5.74, 6) is 5.11. The Morgan fingerprint density at radius 3 is 1.88 bits per heavy atom. The highest BCUT2D eigenvalue weighted by atomic mass is 16.5. The molecule has 0 aromatic heterocycles. The van der Waals surface area contributed by atoms with Crippen LogP contribution in [-0.4, -0.2) is 23.9 Å². The van der Waals surface area contributed by atoms with Gasteiger partial charge in [-0.25, -0.2) is 0 Å². The van der Waals surface area contributed by atoms with Crippen LogP contribution in [0.4, 0.5) is 0 Å². The molecule has 0 aromatic carbocycles. The Kier molecular flexibility index (Phi) is 14.5. The number of ether oxygens (including phenoxy) is 1. The topological polar surface area (TPSA) is 29.5 Å². The van der Waals surface area contributed by atoms with Crippen molar-refractivity contribution in [3.05, 3.63) is 12.7 Å². The van der Waals surface area contributed by atoms with Crippen molar-refractivity contribution in [2.45, 2.75) is 59.0 Å². The third-order valence-corrected chi connectivity index (χ3v) is 1.76. The molecule has 0 rings (SSSR count). The van der Waals surface area contributed by atoms with Crippen LogP contribution in [0.15, 0.2) is 12.7 Å². The molecule has 0 spiro atoms. The largest absolute Gasteiger partial charge is 0.381 e. The molecule has 0 amide bonds. The summed E-state index contributed by atoms with van der Waals surface area (Å²) >= 11 is 0. The molecule has 0 saturated carbocycles. The lowest BCUT2D eigenvalue weighted by atomic mass is 10.1. The van der Waals surface area contributed by atoms with E-state index in [0.717, 1.165) is 13.2 Å². The van der Waals surface area contributed by atoms with Crippen LogP contribution in [0.5, 0.6) is 0 Å². The lowest BCUT2D eigenvalue weighted by Gasteiger charge is -2.04. The fraction of sp³-hybridized carbons (Fsp3) is 0.733. The van der Waals surface area contributed by atoms with Crippen molar-refractivity contribution in [1.82, 2.24) is 0 Å². The third-order valence-electron chi connectivity index (χ3n) is 1.76. The number of hydrogen-bond donors (Lipinski definition) is 1. The lowest BCUT2D eigenvalue weighted by molar-refractivity contribution is 0.128. The first kappa shape index (κ1) is 18.6. The average molecular weight is 240 g/mol. The van der Waals surface area contributed by atoms with E-state index in [1.807, 2.05) is 0 Å². The molecule has 0 radical (unpaired) electrons. The molecule has 0 heterocycles. The van der Waals surface area contributed by atoms with Gasteiger partial charge in [-0.1, -0.05) is 45.1 Å². The van der Waals surface area contributed by atoms with Gasteiger partial charge in [0.15, 0.2) is 0 Å². The van der Waals surface area contributed by atoms with Crippen LogP contribution in [-0.2, 0) is 4.74 Å². The molecule has 100 valence electrons. The molecular formula is C15H28O2. The summed E-state index contributed by atoms with van der Waals surface area (Å²) in [6, 6.07) is 0. The Morgan fingerprint density at radius 1 is 1.18 bits per heavy atom. The van der Waals surface area contributed by atoms with Crippen LogP contribution in [0.1, 0.15) is 53.4 Å². The smallest absolute Gasteiger partial charge is 0.120 e. The molecule has 0 aliphatic heterocycles. The van der Waals surface area contributed by atoms with Crippen LogP contribution in [0.2, 0.25) is 0 Å². The minimum Gasteiger partial charge on any atom is -0.381 e. The van der Waals surface area contributed by atoms with Gasteiger partial charge < -0.3 is 9.84 Å². The van der Waals surface area contributed by atoms with Gasteiger partial charge in [-0.2, -0.15) is 0 Å². The van der Waals surface area contributed by atoms with E-state index >= 15 is 0 Å². The summed E-state index contributed by atoms with van der Waals surface area (Å²) in [4.78, 5) is 0. The summed E-state index contributed by atoms with van der Waals surface area (Å²) in [5, 5.41) is 8.93. The van der Waals surface area contributed by atoms with Crippen LogP contribution >= 0.6 is 0 Å². The van der Waals surface area contributed by atoms with Crippen molar-refractivity contribution >= 4 is 0 Å². The molecule has 0 fully saturated rings. The van der Waals surface area contributed by atoms with Gasteiger partial charge in [-0.3, -0.25) is 0 Å². The minimum atomic E-state index is -0.881. The molecule has 0 aliphatic carbocycles. The number of rotatable bonds is 6. The summed E-state index contributed by atoms with van der Waals surface area (Å²) in [6.45, 7) is 12.9. The normalized spacial score (nSPS) is 9.71. The van der Waals surface area contributed by atoms with Crippen molar-refractivity contribution in [1.29, 1.82) is 0 Å². The molecule has 1 N–H and O–H groups in total. The van der Waals surface area contributed by atoms with Crippen LogP contribution in [0.3, 0.4) is 0 Å². The monoisotopic (exact) mass is 240 g/mol. The van der Waals surface area contributed by atoms with Gasteiger partial charge in [0, 0.05) is 13.2 Å². The highest BCUT2D eigenvalue weighted by Gasteiger charge is 2.04. The standard InChI is InChI=1S/C8H18O.C7H10O/c1-3-5-7-9-8-6-4-2;1-4-5-6-7(2,3)8/h3-8H2,1-2H3;4,8H,1H2,2-3H3. The second-order valence-electron chi connectivity index (χ2n) is 4.35. The molecule has 2 heteroatoms. The Hall–Kier alpha value is -0.780. The van der Waals surface area contributed by atoms with E-state index in [4.69, 9.17) is 9.84 Å². The lowest BCUT2D eigenvalue weighted by Crippen LogP contribution is -2.14. The van der Waals surface area contributed by atoms with Gasteiger partial charge >= 0.3 is 0 Å². The third kappa shape index (κ3) is 25.5. The molecule has 0 atom stereocenters. The Morgan fingerprint density at radius 2 is 1.65 bits per heavy atom. The van der Waals surface area contributed by atoms with Gasteiger partial charge in [-0.05, 0) is 32.8 Å². The number of aliphatic hydroxyl groups is 1. The zero-order valence-electron chi connectivity index (χ0n) is 11.9. The molecule has 0 aromatic rings. The summed E-state index contributed by atoms with van der Waals surface area (Å²) < 4.78 is 5.31. The maximum Gasteiger partial charge on any atom is 0.120 e. The van der Waals surface area contributed by atoms with Crippen molar-refractivity contribution < 1.29 is 9.84 Å². The highest BCUT2D eigenvalue weighted by Crippen LogP contribution is 1.95. The average Bonchev–Trinajstić information content (AvgIpc) is 2.26. The van der Waals surface area contributed by atoms with Gasteiger partial charge in [0.05, 0.1) is 0 Å². The van der Waals surface area contributed by atoms with E-state index in [0.29, 0.717) is 0 Å². The van der Waals surface area contributed by atoms with Gasteiger partial charge in [0.2, 0.25) is 0 Å². The van der Waals surface area contributed by atoms with Gasteiger partial charge in [-0.15, -0.1) is 0 Å². The molecule has 17 heavy (non-hydrogen) atoms. The molecular weight excluding hydrogens is 212 g/mol. The fourth-order valence-corrected chi connectivity index (χ4v) is 0.823. The van der Waals surface area contributed by atoms with E-state index in [9.17, 15) is 0 Å². The van der Waals surface area contributed by atoms with Crippen LogP contribution in [0, 0.1) is 11.8 Å². The zero-order valence-corrected chi connectivity index (χ0v) is 11.9. The predicted octanol–water partition coefficient (Wildman–Crippen LogP) is 3.55. The van der Waals surface area contributed by atoms with Crippen molar-refractivity contribution in [3.8, 4) is 11.8 Å². The molecule has 0 bridgehead atoms. The van der Waals surface area contributed by atoms with Crippen LogP contribution < -0.4 is 0 Å². The minimum absolute atomic E-state index is 0.881. The molecule has 0 unspecified atom stereocenters. The van der Waals surface area contributed by atoms with E-state index in [1.165, 1.54) is 31.8 Å². The highest BCUT2D eigenvalue weighted by molar-refractivity contribution is 5.18.